The van der Waals surface area contributed by atoms with Gasteiger partial charge in [-0.2, -0.15) is 13.2 Å². The van der Waals surface area contributed by atoms with Crippen molar-refractivity contribution in [1.29, 1.82) is 0 Å². The number of halogens is 4. The second-order valence-electron chi connectivity index (χ2n) is 3.70. The maximum absolute atomic E-state index is 12.4. The Bertz CT molecular complexity index is 320. The lowest BCUT2D eigenvalue weighted by Crippen LogP contribution is -2.05. The molecule has 90 valence electrons. The largest absolute Gasteiger partial charge is 0.416 e. The van der Waals surface area contributed by atoms with Gasteiger partial charge >= 0.3 is 6.18 Å². The molecule has 4 heteroatoms. The Hall–Kier alpha value is -0.510. The van der Waals surface area contributed by atoms with E-state index in [1.807, 2.05) is 0 Å². The van der Waals surface area contributed by atoms with E-state index in [1.165, 1.54) is 12.1 Å². The molecule has 0 atom stereocenters. The van der Waals surface area contributed by atoms with Crippen molar-refractivity contribution < 1.29 is 13.2 Å². The van der Waals surface area contributed by atoms with Crippen molar-refractivity contribution in [2.45, 2.75) is 31.9 Å². The van der Waals surface area contributed by atoms with Crippen molar-refractivity contribution in [3.05, 3.63) is 35.4 Å². The van der Waals surface area contributed by atoms with Gasteiger partial charge in [-0.1, -0.05) is 40.5 Å². The topological polar surface area (TPSA) is 0 Å². The molecule has 0 spiro atoms. The summed E-state index contributed by atoms with van der Waals surface area (Å²) in [5.41, 5.74) is 0.217. The van der Waals surface area contributed by atoms with Crippen molar-refractivity contribution in [2.75, 3.05) is 5.33 Å². The summed E-state index contributed by atoms with van der Waals surface area (Å²) < 4.78 is 37.2. The first-order valence-electron chi connectivity index (χ1n) is 5.26. The first-order valence-corrected chi connectivity index (χ1v) is 6.38. The van der Waals surface area contributed by atoms with Crippen molar-refractivity contribution in [3.63, 3.8) is 0 Å². The van der Waals surface area contributed by atoms with Crippen molar-refractivity contribution in [2.24, 2.45) is 0 Å². The zero-order chi connectivity index (χ0) is 12.0. The lowest BCUT2D eigenvalue weighted by Gasteiger charge is -2.08. The molecule has 1 aromatic rings. The fourth-order valence-electron chi connectivity index (χ4n) is 1.50. The highest BCUT2D eigenvalue weighted by atomic mass is 79.9. The second-order valence-corrected chi connectivity index (χ2v) is 4.49. The highest BCUT2D eigenvalue weighted by Crippen LogP contribution is 2.29. The fraction of sp³-hybridized carbons (Fsp3) is 0.500. The average molecular weight is 295 g/mol. The van der Waals surface area contributed by atoms with Gasteiger partial charge in [-0.15, -0.1) is 0 Å². The van der Waals surface area contributed by atoms with E-state index in [0.29, 0.717) is 0 Å². The molecule has 0 aliphatic heterocycles. The van der Waals surface area contributed by atoms with Gasteiger partial charge in [0.15, 0.2) is 0 Å². The Labute approximate surface area is 102 Å². The summed E-state index contributed by atoms with van der Waals surface area (Å²) in [6, 6.07) is 5.59. The highest BCUT2D eigenvalue weighted by Gasteiger charge is 2.30. The van der Waals surface area contributed by atoms with E-state index >= 15 is 0 Å². The Morgan fingerprint density at radius 1 is 1.06 bits per heavy atom. The number of unbranched alkanes of at least 4 members (excludes halogenated alkanes) is 2. The predicted molar refractivity (Wildman–Crippen MR) is 62.8 cm³/mol. The lowest BCUT2D eigenvalue weighted by molar-refractivity contribution is -0.137. The van der Waals surface area contributed by atoms with Crippen LogP contribution in [-0.4, -0.2) is 5.33 Å². The summed E-state index contributed by atoms with van der Waals surface area (Å²) in [7, 11) is 0. The van der Waals surface area contributed by atoms with Gasteiger partial charge in [0.25, 0.3) is 0 Å². The minimum atomic E-state index is -4.23. The molecule has 1 rings (SSSR count). The summed E-state index contributed by atoms with van der Waals surface area (Å²) >= 11 is 3.32. The van der Waals surface area contributed by atoms with Gasteiger partial charge in [0, 0.05) is 5.33 Å². The maximum Gasteiger partial charge on any atom is 0.416 e. The standard InChI is InChI=1S/C12H14BrF3/c13-8-3-1-2-5-10-6-4-7-11(9-10)12(14,15)16/h4,6-7,9H,1-3,5,8H2. The third-order valence-corrected chi connectivity index (χ3v) is 2.91. The maximum atomic E-state index is 12.4. The van der Waals surface area contributed by atoms with Crippen LogP contribution in [0.3, 0.4) is 0 Å². The van der Waals surface area contributed by atoms with Crippen molar-refractivity contribution in [3.8, 4) is 0 Å². The summed E-state index contributed by atoms with van der Waals surface area (Å²) in [5, 5.41) is 0.954. The van der Waals surface area contributed by atoms with Crippen LogP contribution in [0.2, 0.25) is 0 Å². The molecule has 16 heavy (non-hydrogen) atoms. The molecule has 0 heterocycles. The molecule has 0 radical (unpaired) electrons. The lowest BCUT2D eigenvalue weighted by atomic mass is 10.0. The first kappa shape index (κ1) is 13.6. The Morgan fingerprint density at radius 2 is 1.81 bits per heavy atom. The molecule has 1 aromatic carbocycles. The van der Waals surface area contributed by atoms with E-state index < -0.39 is 11.7 Å². The molecular weight excluding hydrogens is 281 g/mol. The SMILES string of the molecule is FC(F)(F)c1cccc(CCCCCBr)c1. The molecule has 0 unspecified atom stereocenters. The Balaban J connectivity index is 2.54. The van der Waals surface area contributed by atoms with E-state index in [9.17, 15) is 13.2 Å². The van der Waals surface area contributed by atoms with Crippen LogP contribution in [-0.2, 0) is 12.6 Å². The van der Waals surface area contributed by atoms with E-state index in [4.69, 9.17) is 0 Å². The molecule has 0 aliphatic carbocycles. The normalized spacial score (nSPS) is 11.8. The second kappa shape index (κ2) is 6.28. The van der Waals surface area contributed by atoms with Crippen molar-refractivity contribution >= 4 is 15.9 Å². The molecular formula is C12H14BrF3. The number of hydrogen-bond acceptors (Lipinski definition) is 0. The van der Waals surface area contributed by atoms with Gasteiger partial charge in [0.2, 0.25) is 0 Å². The van der Waals surface area contributed by atoms with Gasteiger partial charge in [0.05, 0.1) is 5.56 Å². The first-order chi connectivity index (χ1) is 7.54. The van der Waals surface area contributed by atoms with Crippen LogP contribution in [0.5, 0.6) is 0 Å². The smallest absolute Gasteiger partial charge is 0.166 e. The van der Waals surface area contributed by atoms with E-state index in [2.05, 4.69) is 15.9 Å². The van der Waals surface area contributed by atoms with Crippen LogP contribution >= 0.6 is 15.9 Å². The van der Waals surface area contributed by atoms with Gasteiger partial charge in [0.1, 0.15) is 0 Å². The summed E-state index contributed by atoms with van der Waals surface area (Å²) in [6.07, 6.45) is -0.462. The summed E-state index contributed by atoms with van der Waals surface area (Å²) in [4.78, 5) is 0. The Morgan fingerprint density at radius 3 is 2.44 bits per heavy atom. The van der Waals surface area contributed by atoms with Crippen LogP contribution in [0.4, 0.5) is 13.2 Å². The van der Waals surface area contributed by atoms with Crippen LogP contribution in [0.25, 0.3) is 0 Å². The van der Waals surface area contributed by atoms with Gasteiger partial charge < -0.3 is 0 Å². The molecule has 0 aliphatic rings. The number of benzene rings is 1. The summed E-state index contributed by atoms with van der Waals surface area (Å²) in [6.45, 7) is 0. The molecule has 0 aromatic heterocycles. The molecule has 0 amide bonds. The quantitative estimate of drug-likeness (QED) is 0.540. The third-order valence-electron chi connectivity index (χ3n) is 2.35. The van der Waals surface area contributed by atoms with E-state index in [0.717, 1.165) is 42.6 Å². The van der Waals surface area contributed by atoms with Crippen LogP contribution < -0.4 is 0 Å². The van der Waals surface area contributed by atoms with Gasteiger partial charge in [-0.25, -0.2) is 0 Å². The monoisotopic (exact) mass is 294 g/mol. The van der Waals surface area contributed by atoms with E-state index in [1.54, 1.807) is 6.07 Å². The third kappa shape index (κ3) is 4.56. The van der Waals surface area contributed by atoms with E-state index in [-0.39, 0.29) is 0 Å². The number of alkyl halides is 4. The predicted octanol–water partition coefficient (Wildman–Crippen LogP) is 4.81. The Kier molecular flexibility index (Phi) is 5.32. The van der Waals surface area contributed by atoms with Crippen molar-refractivity contribution in [1.82, 2.24) is 0 Å². The average Bonchev–Trinajstić information content (AvgIpc) is 2.24. The number of aryl methyl sites for hydroxylation is 1. The molecule has 0 saturated carbocycles. The molecule has 0 saturated heterocycles. The summed E-state index contributed by atoms with van der Waals surface area (Å²) in [5.74, 6) is 0. The fourth-order valence-corrected chi connectivity index (χ4v) is 1.90. The molecule has 0 N–H and O–H groups in total. The highest BCUT2D eigenvalue weighted by molar-refractivity contribution is 9.09. The van der Waals surface area contributed by atoms with Gasteiger partial charge in [-0.05, 0) is 30.9 Å². The van der Waals surface area contributed by atoms with Crippen LogP contribution in [0, 0.1) is 0 Å². The number of rotatable bonds is 5. The minimum absolute atomic E-state index is 0.550. The number of hydrogen-bond donors (Lipinski definition) is 0. The van der Waals surface area contributed by atoms with Crippen LogP contribution in [0.1, 0.15) is 30.4 Å². The zero-order valence-corrected chi connectivity index (χ0v) is 10.4. The van der Waals surface area contributed by atoms with Crippen LogP contribution in [0.15, 0.2) is 24.3 Å². The zero-order valence-electron chi connectivity index (χ0n) is 8.86. The molecule has 0 nitrogen and oxygen atoms in total. The molecule has 0 fully saturated rings. The minimum Gasteiger partial charge on any atom is -0.166 e. The van der Waals surface area contributed by atoms with Gasteiger partial charge in [-0.3, -0.25) is 0 Å². The molecule has 0 bridgehead atoms.